The number of halogens is 1. The first kappa shape index (κ1) is 17.3. The first-order chi connectivity index (χ1) is 12.1. The number of ether oxygens (including phenoxy) is 1. The number of carbonyl (C=O) groups excluding carboxylic acids is 1. The van der Waals surface area contributed by atoms with E-state index in [-0.39, 0.29) is 18.3 Å². The van der Waals surface area contributed by atoms with Crippen molar-refractivity contribution in [3.63, 3.8) is 0 Å². The van der Waals surface area contributed by atoms with Crippen LogP contribution in [-0.2, 0) is 4.79 Å². The number of carbonyl (C=O) groups is 1. The summed E-state index contributed by atoms with van der Waals surface area (Å²) >= 11 is 1.49. The molecule has 0 aromatic carbocycles. The summed E-state index contributed by atoms with van der Waals surface area (Å²) in [7, 11) is 0. The Morgan fingerprint density at radius 2 is 2.04 bits per heavy atom. The fraction of sp³-hybridized carbons (Fsp3) is 0.278. The Bertz CT molecular complexity index is 893. The molecule has 1 amide bonds. The van der Waals surface area contributed by atoms with Crippen LogP contribution in [0.4, 0.5) is 4.39 Å². The van der Waals surface area contributed by atoms with Crippen LogP contribution in [0.3, 0.4) is 0 Å². The lowest BCUT2D eigenvalue weighted by Crippen LogP contribution is -2.34. The van der Waals surface area contributed by atoms with E-state index in [0.29, 0.717) is 30.2 Å². The molecule has 3 aromatic heterocycles. The Kier molecular flexibility index (Phi) is 5.23. The van der Waals surface area contributed by atoms with Gasteiger partial charge >= 0.3 is 0 Å². The van der Waals surface area contributed by atoms with Gasteiger partial charge in [-0.05, 0) is 31.4 Å². The van der Waals surface area contributed by atoms with Crippen molar-refractivity contribution in [1.29, 1.82) is 0 Å². The number of aromatic nitrogens is 2. The summed E-state index contributed by atoms with van der Waals surface area (Å²) in [5.41, 5.74) is 1.67. The van der Waals surface area contributed by atoms with Crippen LogP contribution < -0.4 is 4.74 Å². The van der Waals surface area contributed by atoms with Crippen molar-refractivity contribution in [2.45, 2.75) is 13.8 Å². The van der Waals surface area contributed by atoms with Crippen LogP contribution in [0.5, 0.6) is 5.75 Å². The highest BCUT2D eigenvalue weighted by Gasteiger charge is 2.15. The van der Waals surface area contributed by atoms with Crippen molar-refractivity contribution in [2.75, 3.05) is 19.7 Å². The predicted molar refractivity (Wildman–Crippen MR) is 96.2 cm³/mol. The number of thiophene rings is 1. The summed E-state index contributed by atoms with van der Waals surface area (Å²) in [6, 6.07) is 6.18. The molecule has 0 fully saturated rings. The van der Waals surface area contributed by atoms with E-state index in [9.17, 15) is 9.18 Å². The smallest absolute Gasteiger partial charge is 0.260 e. The van der Waals surface area contributed by atoms with Crippen LogP contribution in [0.25, 0.3) is 21.6 Å². The van der Waals surface area contributed by atoms with Crippen molar-refractivity contribution in [2.24, 2.45) is 0 Å². The van der Waals surface area contributed by atoms with Crippen molar-refractivity contribution >= 4 is 27.5 Å². The Labute approximate surface area is 149 Å². The molecule has 130 valence electrons. The van der Waals surface area contributed by atoms with Gasteiger partial charge in [0, 0.05) is 31.4 Å². The Balaban J connectivity index is 1.92. The van der Waals surface area contributed by atoms with Crippen molar-refractivity contribution < 1.29 is 13.9 Å². The van der Waals surface area contributed by atoms with Gasteiger partial charge in [-0.1, -0.05) is 0 Å². The Morgan fingerprint density at radius 3 is 2.76 bits per heavy atom. The van der Waals surface area contributed by atoms with Gasteiger partial charge in [0.25, 0.3) is 5.91 Å². The maximum atomic E-state index is 13.5. The zero-order valence-electron chi connectivity index (χ0n) is 14.0. The van der Waals surface area contributed by atoms with Crippen molar-refractivity contribution in [3.05, 3.63) is 41.7 Å². The predicted octanol–water partition coefficient (Wildman–Crippen LogP) is 3.74. The molecule has 0 saturated carbocycles. The normalized spacial score (nSPS) is 10.8. The highest BCUT2D eigenvalue weighted by molar-refractivity contribution is 7.17. The van der Waals surface area contributed by atoms with Gasteiger partial charge in [-0.2, -0.15) is 0 Å². The van der Waals surface area contributed by atoms with Gasteiger partial charge in [-0.25, -0.2) is 9.37 Å². The van der Waals surface area contributed by atoms with Crippen LogP contribution in [0.2, 0.25) is 0 Å². The fourth-order valence-corrected chi connectivity index (χ4v) is 3.32. The molecule has 0 N–H and O–H groups in total. The third-order valence-electron chi connectivity index (χ3n) is 3.83. The van der Waals surface area contributed by atoms with Gasteiger partial charge in [0.2, 0.25) is 0 Å². The van der Waals surface area contributed by atoms with E-state index in [2.05, 4.69) is 9.97 Å². The van der Waals surface area contributed by atoms with Crippen LogP contribution in [-0.4, -0.2) is 40.5 Å². The van der Waals surface area contributed by atoms with Crippen molar-refractivity contribution in [3.8, 4) is 17.1 Å². The fourth-order valence-electron chi connectivity index (χ4n) is 2.52. The SMILES string of the molecule is CCN(CC)C(=O)COc1cc(-c2cc(F)ccn2)nc2ccsc12. The average Bonchev–Trinajstić information content (AvgIpc) is 3.09. The van der Waals surface area contributed by atoms with E-state index in [1.165, 1.54) is 29.7 Å². The molecular weight excluding hydrogens is 341 g/mol. The molecule has 25 heavy (non-hydrogen) atoms. The van der Waals surface area contributed by atoms with E-state index < -0.39 is 0 Å². The van der Waals surface area contributed by atoms with Gasteiger partial charge in [-0.3, -0.25) is 9.78 Å². The molecule has 0 radical (unpaired) electrons. The molecule has 7 heteroatoms. The number of hydrogen-bond donors (Lipinski definition) is 0. The molecule has 0 aliphatic carbocycles. The van der Waals surface area contributed by atoms with E-state index in [1.807, 2.05) is 25.3 Å². The number of amides is 1. The standard InChI is InChI=1S/C18H18FN3O2S/c1-3-22(4-2)17(23)11-24-16-10-15(14-9-12(19)5-7-20-14)21-13-6-8-25-18(13)16/h5-10H,3-4,11H2,1-2H3. The van der Waals surface area contributed by atoms with Crippen molar-refractivity contribution in [1.82, 2.24) is 14.9 Å². The van der Waals surface area contributed by atoms with E-state index in [0.717, 1.165) is 10.2 Å². The number of fused-ring (bicyclic) bond motifs is 1. The van der Waals surface area contributed by atoms with Gasteiger partial charge in [0.15, 0.2) is 6.61 Å². The van der Waals surface area contributed by atoms with E-state index in [1.54, 1.807) is 11.0 Å². The molecular formula is C18H18FN3O2S. The molecule has 3 aromatic rings. The number of rotatable bonds is 6. The second-order valence-corrected chi connectivity index (χ2v) is 6.27. The molecule has 0 unspecified atom stereocenters. The number of likely N-dealkylation sites (N-methyl/N-ethyl adjacent to an activating group) is 1. The molecule has 3 rings (SSSR count). The number of hydrogen-bond acceptors (Lipinski definition) is 5. The minimum Gasteiger partial charge on any atom is -0.482 e. The van der Waals surface area contributed by atoms with Crippen LogP contribution in [0, 0.1) is 5.82 Å². The third-order valence-corrected chi connectivity index (χ3v) is 4.75. The summed E-state index contributed by atoms with van der Waals surface area (Å²) < 4.78 is 20.1. The van der Waals surface area contributed by atoms with E-state index in [4.69, 9.17) is 4.74 Å². The lowest BCUT2D eigenvalue weighted by Gasteiger charge is -2.18. The van der Waals surface area contributed by atoms with Crippen LogP contribution in [0.15, 0.2) is 35.8 Å². The summed E-state index contributed by atoms with van der Waals surface area (Å²) in [6.07, 6.45) is 1.40. The minimum atomic E-state index is -0.378. The highest BCUT2D eigenvalue weighted by atomic mass is 32.1. The number of pyridine rings is 2. The average molecular weight is 359 g/mol. The second-order valence-electron chi connectivity index (χ2n) is 5.35. The zero-order chi connectivity index (χ0) is 17.8. The van der Waals surface area contributed by atoms with Gasteiger partial charge in [-0.15, -0.1) is 11.3 Å². The summed E-state index contributed by atoms with van der Waals surface area (Å²) in [5.74, 6) is 0.106. The second kappa shape index (κ2) is 7.57. The molecule has 0 atom stereocenters. The van der Waals surface area contributed by atoms with Crippen LogP contribution in [0.1, 0.15) is 13.8 Å². The largest absolute Gasteiger partial charge is 0.482 e. The quantitative estimate of drug-likeness (QED) is 0.673. The summed E-state index contributed by atoms with van der Waals surface area (Å²) in [4.78, 5) is 22.6. The molecule has 0 aliphatic rings. The Morgan fingerprint density at radius 1 is 1.24 bits per heavy atom. The molecule has 3 heterocycles. The molecule has 0 spiro atoms. The molecule has 5 nitrogen and oxygen atoms in total. The maximum Gasteiger partial charge on any atom is 0.260 e. The topological polar surface area (TPSA) is 55.3 Å². The van der Waals surface area contributed by atoms with Gasteiger partial charge < -0.3 is 9.64 Å². The lowest BCUT2D eigenvalue weighted by atomic mass is 10.2. The van der Waals surface area contributed by atoms with Gasteiger partial charge in [0.05, 0.1) is 21.6 Å². The zero-order valence-corrected chi connectivity index (χ0v) is 14.8. The van der Waals surface area contributed by atoms with Gasteiger partial charge in [0.1, 0.15) is 11.6 Å². The maximum absolute atomic E-state index is 13.5. The monoisotopic (exact) mass is 359 g/mol. The van der Waals surface area contributed by atoms with Crippen LogP contribution >= 0.6 is 11.3 Å². The first-order valence-electron chi connectivity index (χ1n) is 8.03. The summed E-state index contributed by atoms with van der Waals surface area (Å²) in [5, 5.41) is 1.90. The number of nitrogens with zero attached hydrogens (tertiary/aromatic N) is 3. The molecule has 0 saturated heterocycles. The molecule has 0 aliphatic heterocycles. The van der Waals surface area contributed by atoms with E-state index >= 15 is 0 Å². The minimum absolute atomic E-state index is 0.0469. The highest BCUT2D eigenvalue weighted by Crippen LogP contribution is 2.33. The third kappa shape index (κ3) is 3.76. The lowest BCUT2D eigenvalue weighted by molar-refractivity contribution is -0.132. The summed E-state index contributed by atoms with van der Waals surface area (Å²) in [6.45, 7) is 5.09. The first-order valence-corrected chi connectivity index (χ1v) is 8.91. The molecule has 0 bridgehead atoms. The Hall–Kier alpha value is -2.54.